The maximum atomic E-state index is 5.67. The third-order valence-corrected chi connectivity index (χ3v) is 3.40. The van der Waals surface area contributed by atoms with Gasteiger partial charge in [-0.1, -0.05) is 25.1 Å². The summed E-state index contributed by atoms with van der Waals surface area (Å²) in [6.07, 6.45) is 0.848. The predicted octanol–water partition coefficient (Wildman–Crippen LogP) is 3.04. The standard InChI is InChI=1S/C14H18BrN3O2/c1-9(2)14-17-13(20-18-14)8-19-12-4-3-10(5-6-16)7-11(12)15/h3-4,7,9H,5-6,8,16H2,1-2H3. The number of nitrogens with zero attached hydrogens (tertiary/aromatic N) is 2. The maximum absolute atomic E-state index is 5.67. The Kier molecular flexibility index (Phi) is 5.14. The molecule has 0 amide bonds. The summed E-state index contributed by atoms with van der Waals surface area (Å²) in [5.41, 5.74) is 6.71. The van der Waals surface area contributed by atoms with Gasteiger partial charge in [-0.2, -0.15) is 4.98 Å². The molecule has 1 aromatic carbocycles. The summed E-state index contributed by atoms with van der Waals surface area (Å²) in [5, 5.41) is 3.90. The van der Waals surface area contributed by atoms with Crippen molar-refractivity contribution >= 4 is 15.9 Å². The van der Waals surface area contributed by atoms with Crippen LogP contribution in [0.15, 0.2) is 27.2 Å². The van der Waals surface area contributed by atoms with Gasteiger partial charge in [0.2, 0.25) is 0 Å². The lowest BCUT2D eigenvalue weighted by Gasteiger charge is -2.07. The molecule has 20 heavy (non-hydrogen) atoms. The number of halogens is 1. The molecule has 108 valence electrons. The first kappa shape index (κ1) is 15.0. The van der Waals surface area contributed by atoms with Crippen LogP contribution in [0.1, 0.15) is 37.0 Å². The zero-order valence-electron chi connectivity index (χ0n) is 11.6. The first-order valence-corrected chi connectivity index (χ1v) is 7.33. The van der Waals surface area contributed by atoms with Crippen LogP contribution in [0.3, 0.4) is 0 Å². The van der Waals surface area contributed by atoms with E-state index in [-0.39, 0.29) is 12.5 Å². The molecule has 0 radical (unpaired) electrons. The molecule has 0 spiro atoms. The zero-order chi connectivity index (χ0) is 14.5. The Morgan fingerprint density at radius 3 is 2.80 bits per heavy atom. The molecule has 0 bridgehead atoms. The number of hydrogen-bond acceptors (Lipinski definition) is 5. The highest BCUT2D eigenvalue weighted by molar-refractivity contribution is 9.10. The monoisotopic (exact) mass is 339 g/mol. The molecule has 2 N–H and O–H groups in total. The number of rotatable bonds is 6. The number of ether oxygens (including phenoxy) is 1. The van der Waals surface area contributed by atoms with Crippen LogP contribution in [-0.4, -0.2) is 16.7 Å². The molecule has 2 rings (SSSR count). The van der Waals surface area contributed by atoms with Crippen LogP contribution >= 0.6 is 15.9 Å². The van der Waals surface area contributed by atoms with Crippen LogP contribution in [0.5, 0.6) is 5.75 Å². The summed E-state index contributed by atoms with van der Waals surface area (Å²) in [6.45, 7) is 4.92. The number of nitrogens with two attached hydrogens (primary N) is 1. The fraction of sp³-hybridized carbons (Fsp3) is 0.429. The molecule has 0 aliphatic heterocycles. The molecule has 1 aromatic heterocycles. The summed E-state index contributed by atoms with van der Waals surface area (Å²) in [4.78, 5) is 4.27. The second-order valence-electron chi connectivity index (χ2n) is 4.79. The van der Waals surface area contributed by atoms with E-state index in [0.717, 1.165) is 16.6 Å². The molecule has 0 unspecified atom stereocenters. The molecule has 0 saturated heterocycles. The number of aromatic nitrogens is 2. The van der Waals surface area contributed by atoms with E-state index in [4.69, 9.17) is 15.0 Å². The Labute approximate surface area is 126 Å². The van der Waals surface area contributed by atoms with Gasteiger partial charge in [-0.25, -0.2) is 0 Å². The molecular formula is C14H18BrN3O2. The highest BCUT2D eigenvalue weighted by Crippen LogP contribution is 2.27. The van der Waals surface area contributed by atoms with Gasteiger partial charge in [0.25, 0.3) is 5.89 Å². The first-order valence-electron chi connectivity index (χ1n) is 6.54. The molecule has 0 fully saturated rings. The van der Waals surface area contributed by atoms with Gasteiger partial charge >= 0.3 is 0 Å². The Morgan fingerprint density at radius 2 is 2.20 bits per heavy atom. The van der Waals surface area contributed by atoms with Crippen molar-refractivity contribution in [3.05, 3.63) is 40.0 Å². The molecular weight excluding hydrogens is 322 g/mol. The molecule has 0 saturated carbocycles. The van der Waals surface area contributed by atoms with Crippen LogP contribution in [0.2, 0.25) is 0 Å². The second kappa shape index (κ2) is 6.85. The molecule has 1 heterocycles. The largest absolute Gasteiger partial charge is 0.483 e. The van der Waals surface area contributed by atoms with Crippen molar-refractivity contribution in [3.8, 4) is 5.75 Å². The van der Waals surface area contributed by atoms with Gasteiger partial charge in [0.1, 0.15) is 5.75 Å². The quantitative estimate of drug-likeness (QED) is 0.875. The molecule has 6 heteroatoms. The van der Waals surface area contributed by atoms with Crippen LogP contribution in [0.25, 0.3) is 0 Å². The summed E-state index contributed by atoms with van der Waals surface area (Å²) >= 11 is 3.49. The molecule has 0 aliphatic rings. The third-order valence-electron chi connectivity index (χ3n) is 2.78. The normalized spacial score (nSPS) is 11.1. The van der Waals surface area contributed by atoms with Crippen molar-refractivity contribution in [3.63, 3.8) is 0 Å². The second-order valence-corrected chi connectivity index (χ2v) is 5.65. The van der Waals surface area contributed by atoms with E-state index in [1.54, 1.807) is 0 Å². The Hall–Kier alpha value is -1.40. The minimum absolute atomic E-state index is 0.245. The van der Waals surface area contributed by atoms with Gasteiger partial charge in [-0.15, -0.1) is 0 Å². The van der Waals surface area contributed by atoms with Crippen LogP contribution in [0.4, 0.5) is 0 Å². The molecule has 0 atom stereocenters. The number of benzene rings is 1. The van der Waals surface area contributed by atoms with Gasteiger partial charge in [0.05, 0.1) is 4.47 Å². The van der Waals surface area contributed by atoms with Crippen molar-refractivity contribution in [1.29, 1.82) is 0 Å². The van der Waals surface area contributed by atoms with Crippen LogP contribution in [0, 0.1) is 0 Å². The zero-order valence-corrected chi connectivity index (χ0v) is 13.2. The third kappa shape index (κ3) is 3.80. The fourth-order valence-electron chi connectivity index (χ4n) is 1.68. The van der Waals surface area contributed by atoms with E-state index in [0.29, 0.717) is 18.3 Å². The molecule has 2 aromatic rings. The van der Waals surface area contributed by atoms with E-state index >= 15 is 0 Å². The summed E-state index contributed by atoms with van der Waals surface area (Å²) in [5.74, 6) is 2.16. The van der Waals surface area contributed by atoms with E-state index in [1.807, 2.05) is 32.0 Å². The van der Waals surface area contributed by atoms with Gasteiger partial charge in [0, 0.05) is 5.92 Å². The van der Waals surface area contributed by atoms with Crippen molar-refractivity contribution in [2.24, 2.45) is 5.73 Å². The summed E-state index contributed by atoms with van der Waals surface area (Å²) < 4.78 is 11.7. The lowest BCUT2D eigenvalue weighted by Crippen LogP contribution is -2.03. The van der Waals surface area contributed by atoms with Crippen molar-refractivity contribution in [1.82, 2.24) is 10.1 Å². The van der Waals surface area contributed by atoms with Gasteiger partial charge in [0.15, 0.2) is 12.4 Å². The van der Waals surface area contributed by atoms with Crippen LogP contribution in [-0.2, 0) is 13.0 Å². The van der Waals surface area contributed by atoms with Crippen molar-refractivity contribution < 1.29 is 9.26 Å². The van der Waals surface area contributed by atoms with E-state index in [1.165, 1.54) is 5.56 Å². The molecule has 0 aliphatic carbocycles. The van der Waals surface area contributed by atoms with Crippen molar-refractivity contribution in [2.45, 2.75) is 32.8 Å². The van der Waals surface area contributed by atoms with Gasteiger partial charge in [-0.05, 0) is 46.6 Å². The maximum Gasteiger partial charge on any atom is 0.264 e. The average molecular weight is 340 g/mol. The topological polar surface area (TPSA) is 74.2 Å². The van der Waals surface area contributed by atoms with E-state index < -0.39 is 0 Å². The summed E-state index contributed by atoms with van der Waals surface area (Å²) in [7, 11) is 0. The highest BCUT2D eigenvalue weighted by atomic mass is 79.9. The SMILES string of the molecule is CC(C)c1noc(COc2ccc(CCN)cc2Br)n1. The predicted molar refractivity (Wildman–Crippen MR) is 79.6 cm³/mol. The van der Waals surface area contributed by atoms with Crippen LogP contribution < -0.4 is 10.5 Å². The minimum atomic E-state index is 0.245. The Bertz CT molecular complexity index is 569. The van der Waals surface area contributed by atoms with E-state index in [2.05, 4.69) is 26.1 Å². The Balaban J connectivity index is 1.99. The number of hydrogen-bond donors (Lipinski definition) is 1. The van der Waals surface area contributed by atoms with E-state index in [9.17, 15) is 0 Å². The lowest BCUT2D eigenvalue weighted by atomic mass is 10.1. The average Bonchev–Trinajstić information content (AvgIpc) is 2.87. The minimum Gasteiger partial charge on any atom is -0.483 e. The highest BCUT2D eigenvalue weighted by Gasteiger charge is 2.11. The van der Waals surface area contributed by atoms with Gasteiger partial charge < -0.3 is 15.0 Å². The summed E-state index contributed by atoms with van der Waals surface area (Å²) in [6, 6.07) is 5.92. The van der Waals surface area contributed by atoms with Crippen molar-refractivity contribution in [2.75, 3.05) is 6.54 Å². The first-order chi connectivity index (χ1) is 9.60. The Morgan fingerprint density at radius 1 is 1.40 bits per heavy atom. The fourth-order valence-corrected chi connectivity index (χ4v) is 2.22. The van der Waals surface area contributed by atoms with Gasteiger partial charge in [-0.3, -0.25) is 0 Å². The molecule has 5 nitrogen and oxygen atoms in total. The lowest BCUT2D eigenvalue weighted by molar-refractivity contribution is 0.241. The smallest absolute Gasteiger partial charge is 0.264 e.